The van der Waals surface area contributed by atoms with Crippen molar-refractivity contribution in [3.63, 3.8) is 0 Å². The van der Waals surface area contributed by atoms with Gasteiger partial charge in [0.1, 0.15) is 11.7 Å². The summed E-state index contributed by atoms with van der Waals surface area (Å²) in [5.74, 6) is -1.23. The Kier molecular flexibility index (Phi) is 5.93. The predicted octanol–water partition coefficient (Wildman–Crippen LogP) is 3.20. The lowest BCUT2D eigenvalue weighted by Gasteiger charge is -2.31. The van der Waals surface area contributed by atoms with Gasteiger partial charge < -0.3 is 13.9 Å². The number of aryl methyl sites for hydroxylation is 2. The van der Waals surface area contributed by atoms with Crippen molar-refractivity contribution in [3.05, 3.63) is 70.5 Å². The third-order valence-corrected chi connectivity index (χ3v) is 6.38. The summed E-state index contributed by atoms with van der Waals surface area (Å²) in [6, 6.07) is 12.4. The van der Waals surface area contributed by atoms with Gasteiger partial charge >= 0.3 is 5.97 Å². The van der Waals surface area contributed by atoms with Crippen LogP contribution in [-0.2, 0) is 9.47 Å². The number of imide groups is 1. The Morgan fingerprint density at radius 2 is 1.68 bits per heavy atom. The Hall–Kier alpha value is -3.49. The number of rotatable bonds is 6. The summed E-state index contributed by atoms with van der Waals surface area (Å²) in [5.41, 5.74) is 3.11. The molecule has 34 heavy (non-hydrogen) atoms. The number of carbonyl (C=O) groups is 3. The number of hydrogen-bond acceptors (Lipinski definition) is 7. The minimum absolute atomic E-state index is 0.0339. The number of morpholine rings is 1. The Labute approximate surface area is 197 Å². The molecule has 1 fully saturated rings. The van der Waals surface area contributed by atoms with Gasteiger partial charge in [-0.2, -0.15) is 0 Å². The van der Waals surface area contributed by atoms with Crippen molar-refractivity contribution >= 4 is 28.8 Å². The third kappa shape index (κ3) is 4.10. The molecule has 8 nitrogen and oxygen atoms in total. The average molecular weight is 463 g/mol. The molecular formula is C26H26N2O6. The molecule has 3 aromatic rings. The van der Waals surface area contributed by atoms with Crippen molar-refractivity contribution in [1.82, 2.24) is 9.80 Å². The molecule has 176 valence electrons. The fraction of sp³-hybridized carbons (Fsp3) is 0.346. The second-order valence-corrected chi connectivity index (χ2v) is 8.76. The van der Waals surface area contributed by atoms with E-state index in [9.17, 15) is 14.4 Å². The molecule has 1 atom stereocenters. The van der Waals surface area contributed by atoms with Crippen LogP contribution >= 0.6 is 0 Å². The van der Waals surface area contributed by atoms with E-state index in [1.165, 1.54) is 0 Å². The summed E-state index contributed by atoms with van der Waals surface area (Å²) < 4.78 is 17.1. The van der Waals surface area contributed by atoms with Crippen molar-refractivity contribution in [2.24, 2.45) is 0 Å². The molecule has 1 saturated heterocycles. The van der Waals surface area contributed by atoms with Crippen LogP contribution in [0.2, 0.25) is 0 Å². The number of hydrogen-bond donors (Lipinski definition) is 0. The molecule has 5 rings (SSSR count). The van der Waals surface area contributed by atoms with Crippen molar-refractivity contribution in [2.45, 2.75) is 20.0 Å². The van der Waals surface area contributed by atoms with Crippen LogP contribution in [0.3, 0.4) is 0 Å². The van der Waals surface area contributed by atoms with Crippen LogP contribution in [0, 0.1) is 13.8 Å². The lowest BCUT2D eigenvalue weighted by molar-refractivity contribution is -0.0121. The molecule has 0 aliphatic carbocycles. The first-order valence-corrected chi connectivity index (χ1v) is 11.4. The number of furan rings is 1. The highest BCUT2D eigenvalue weighted by Crippen LogP contribution is 2.28. The van der Waals surface area contributed by atoms with E-state index in [1.807, 2.05) is 32.0 Å². The minimum atomic E-state index is -0.720. The van der Waals surface area contributed by atoms with Crippen LogP contribution in [0.1, 0.15) is 42.4 Å². The fourth-order valence-electron chi connectivity index (χ4n) is 4.55. The third-order valence-electron chi connectivity index (χ3n) is 6.38. The highest BCUT2D eigenvalue weighted by molar-refractivity contribution is 6.21. The largest absolute Gasteiger partial charge is 0.453 e. The molecule has 2 aliphatic rings. The Balaban J connectivity index is 1.39. The quantitative estimate of drug-likeness (QED) is 0.411. The van der Waals surface area contributed by atoms with E-state index < -0.39 is 12.1 Å². The van der Waals surface area contributed by atoms with Crippen LogP contribution in [0.5, 0.6) is 0 Å². The molecule has 2 aliphatic heterocycles. The molecule has 0 radical (unpaired) electrons. The summed E-state index contributed by atoms with van der Waals surface area (Å²) in [6.07, 6.45) is -0.720. The molecule has 1 aromatic heterocycles. The normalized spacial score (nSPS) is 17.3. The Morgan fingerprint density at radius 1 is 1.00 bits per heavy atom. The first-order chi connectivity index (χ1) is 16.4. The van der Waals surface area contributed by atoms with Gasteiger partial charge in [-0.1, -0.05) is 23.8 Å². The molecule has 0 N–H and O–H groups in total. The van der Waals surface area contributed by atoms with Gasteiger partial charge in [-0.3, -0.25) is 19.4 Å². The molecule has 2 aromatic carbocycles. The molecular weight excluding hydrogens is 436 g/mol. The summed E-state index contributed by atoms with van der Waals surface area (Å²) >= 11 is 0. The monoisotopic (exact) mass is 462 g/mol. The van der Waals surface area contributed by atoms with Crippen LogP contribution in [0.15, 0.2) is 46.9 Å². The fourth-order valence-corrected chi connectivity index (χ4v) is 4.55. The van der Waals surface area contributed by atoms with Gasteiger partial charge in [0, 0.05) is 30.6 Å². The predicted molar refractivity (Wildman–Crippen MR) is 124 cm³/mol. The number of amides is 2. The van der Waals surface area contributed by atoms with Crippen LogP contribution in [0.4, 0.5) is 0 Å². The smallest absolute Gasteiger partial charge is 0.374 e. The lowest BCUT2D eigenvalue weighted by Crippen LogP contribution is -2.47. The number of carbonyl (C=O) groups excluding carboxylic acids is 3. The zero-order chi connectivity index (χ0) is 23.8. The van der Waals surface area contributed by atoms with Gasteiger partial charge in [0.05, 0.1) is 30.9 Å². The van der Waals surface area contributed by atoms with E-state index in [2.05, 4.69) is 4.90 Å². The molecule has 2 amide bonds. The van der Waals surface area contributed by atoms with Crippen molar-refractivity contribution in [2.75, 3.05) is 39.4 Å². The second-order valence-electron chi connectivity index (χ2n) is 8.76. The highest BCUT2D eigenvalue weighted by atomic mass is 16.6. The molecule has 8 heteroatoms. The van der Waals surface area contributed by atoms with E-state index >= 15 is 0 Å². The van der Waals surface area contributed by atoms with E-state index in [0.717, 1.165) is 15.8 Å². The number of fused-ring (bicyclic) bond motifs is 2. The summed E-state index contributed by atoms with van der Waals surface area (Å²) in [7, 11) is 0. The first kappa shape index (κ1) is 22.3. The van der Waals surface area contributed by atoms with Crippen LogP contribution in [-0.4, -0.2) is 73.1 Å². The second kappa shape index (κ2) is 9.04. The standard InChI is InChI=1S/C26H26N2O6/c1-16-7-8-22-21(13-16)17(2)23(34-22)26(31)33-18(14-27-9-11-32-12-10-27)15-28-24(29)19-5-3-4-6-20(19)25(28)30/h3-8,13,18H,9-12,14-15H2,1-2H3/t18-/m0/s1. The lowest BCUT2D eigenvalue weighted by atomic mass is 10.1. The van der Waals surface area contributed by atoms with Crippen molar-refractivity contribution in [3.8, 4) is 0 Å². The zero-order valence-corrected chi connectivity index (χ0v) is 19.2. The highest BCUT2D eigenvalue weighted by Gasteiger charge is 2.38. The molecule has 3 heterocycles. The van der Waals surface area contributed by atoms with Crippen molar-refractivity contribution in [1.29, 1.82) is 0 Å². The molecule has 0 saturated carbocycles. The maximum Gasteiger partial charge on any atom is 0.374 e. The zero-order valence-electron chi connectivity index (χ0n) is 19.2. The van der Waals surface area contributed by atoms with E-state index in [1.54, 1.807) is 24.3 Å². The summed E-state index contributed by atoms with van der Waals surface area (Å²) in [4.78, 5) is 42.3. The van der Waals surface area contributed by atoms with Crippen molar-refractivity contribution < 1.29 is 28.3 Å². The summed E-state index contributed by atoms with van der Waals surface area (Å²) in [6.45, 7) is 6.66. The van der Waals surface area contributed by atoms with Gasteiger partial charge in [-0.05, 0) is 38.1 Å². The average Bonchev–Trinajstić information content (AvgIpc) is 3.29. The van der Waals surface area contributed by atoms with Crippen LogP contribution in [0.25, 0.3) is 11.0 Å². The maximum atomic E-state index is 13.2. The van der Waals surface area contributed by atoms with Gasteiger partial charge in [-0.15, -0.1) is 0 Å². The molecule has 0 bridgehead atoms. The number of benzene rings is 2. The van der Waals surface area contributed by atoms with Gasteiger partial charge in [0.15, 0.2) is 0 Å². The number of esters is 1. The van der Waals surface area contributed by atoms with E-state index in [0.29, 0.717) is 55.1 Å². The SMILES string of the molecule is Cc1ccc2oc(C(=O)O[C@@H](CN3CCOCC3)CN3C(=O)c4ccccc4C3=O)c(C)c2c1. The Bertz CT molecular complexity index is 1240. The van der Waals surface area contributed by atoms with Gasteiger partial charge in [-0.25, -0.2) is 4.79 Å². The topological polar surface area (TPSA) is 89.3 Å². The minimum Gasteiger partial charge on any atom is -0.453 e. The van der Waals surface area contributed by atoms with Gasteiger partial charge in [0.25, 0.3) is 11.8 Å². The molecule has 0 unspecified atom stereocenters. The number of nitrogens with zero attached hydrogens (tertiary/aromatic N) is 2. The molecule has 0 spiro atoms. The maximum absolute atomic E-state index is 13.2. The van der Waals surface area contributed by atoms with Crippen LogP contribution < -0.4 is 0 Å². The first-order valence-electron chi connectivity index (χ1n) is 11.4. The van der Waals surface area contributed by atoms with Gasteiger partial charge in [0.2, 0.25) is 5.76 Å². The Morgan fingerprint density at radius 3 is 2.35 bits per heavy atom. The number of ether oxygens (including phenoxy) is 2. The van der Waals surface area contributed by atoms with E-state index in [-0.39, 0.29) is 24.1 Å². The van der Waals surface area contributed by atoms with E-state index in [4.69, 9.17) is 13.9 Å². The summed E-state index contributed by atoms with van der Waals surface area (Å²) in [5, 5.41) is 0.858.